The van der Waals surface area contributed by atoms with Crippen molar-refractivity contribution in [3.05, 3.63) is 24.3 Å². The molecular formula is C11H20. The highest BCUT2D eigenvalue weighted by Gasteiger charge is 1.90. The van der Waals surface area contributed by atoms with E-state index < -0.39 is 0 Å². The van der Waals surface area contributed by atoms with E-state index in [9.17, 15) is 0 Å². The highest BCUT2D eigenvalue weighted by atomic mass is 14.0. The van der Waals surface area contributed by atoms with E-state index >= 15 is 0 Å². The second-order valence-electron chi connectivity index (χ2n) is 2.93. The predicted molar refractivity (Wildman–Crippen MR) is 52.6 cm³/mol. The highest BCUT2D eigenvalue weighted by molar-refractivity contribution is 4.91. The quantitative estimate of drug-likeness (QED) is 0.523. The molecule has 0 aliphatic rings. The first-order chi connectivity index (χ1) is 5.31. The summed E-state index contributed by atoms with van der Waals surface area (Å²) >= 11 is 0. The van der Waals surface area contributed by atoms with Crippen LogP contribution >= 0.6 is 0 Å². The van der Waals surface area contributed by atoms with Crippen molar-refractivity contribution in [1.82, 2.24) is 0 Å². The lowest BCUT2D eigenvalue weighted by molar-refractivity contribution is 0.739. The Kier molecular flexibility index (Phi) is 7.23. The Bertz CT molecular complexity index is 120. The van der Waals surface area contributed by atoms with E-state index in [0.29, 0.717) is 5.92 Å². The Balaban J connectivity index is 3.43. The molecule has 64 valence electrons. The lowest BCUT2D eigenvalue weighted by atomic mass is 10.1. The standard InChI is InChI=1S/C11H20/c1-4-6-8-10-11(3)9-7-5-2/h6-9,11H,4-5,10H2,1-3H3/b8-6+,9-7+. The Morgan fingerprint density at radius 1 is 1.00 bits per heavy atom. The average molecular weight is 152 g/mol. The predicted octanol–water partition coefficient (Wildman–Crippen LogP) is 3.95. The smallest absolute Gasteiger partial charge is 0.0227 e. The van der Waals surface area contributed by atoms with E-state index in [4.69, 9.17) is 0 Å². The number of allylic oxidation sites excluding steroid dienone is 4. The van der Waals surface area contributed by atoms with Gasteiger partial charge in [-0.2, -0.15) is 0 Å². The summed E-state index contributed by atoms with van der Waals surface area (Å²) in [5.41, 5.74) is 0. The van der Waals surface area contributed by atoms with Crippen molar-refractivity contribution in [3.8, 4) is 0 Å². The van der Waals surface area contributed by atoms with Gasteiger partial charge in [0, 0.05) is 0 Å². The van der Waals surface area contributed by atoms with Gasteiger partial charge in [-0.15, -0.1) is 0 Å². The summed E-state index contributed by atoms with van der Waals surface area (Å²) in [6, 6.07) is 0. The van der Waals surface area contributed by atoms with Gasteiger partial charge in [0.2, 0.25) is 0 Å². The summed E-state index contributed by atoms with van der Waals surface area (Å²) in [7, 11) is 0. The van der Waals surface area contributed by atoms with E-state index in [-0.39, 0.29) is 0 Å². The number of hydrogen-bond acceptors (Lipinski definition) is 0. The normalized spacial score (nSPS) is 14.8. The lowest BCUT2D eigenvalue weighted by Crippen LogP contribution is -1.84. The van der Waals surface area contributed by atoms with E-state index in [1.807, 2.05) is 0 Å². The Hall–Kier alpha value is -0.520. The maximum atomic E-state index is 2.29. The first kappa shape index (κ1) is 10.5. The molecule has 0 saturated heterocycles. The second-order valence-corrected chi connectivity index (χ2v) is 2.93. The van der Waals surface area contributed by atoms with Gasteiger partial charge in [-0.3, -0.25) is 0 Å². The zero-order chi connectivity index (χ0) is 8.53. The first-order valence-corrected chi connectivity index (χ1v) is 4.62. The van der Waals surface area contributed by atoms with Gasteiger partial charge >= 0.3 is 0 Å². The lowest BCUT2D eigenvalue weighted by Gasteiger charge is -1.99. The highest BCUT2D eigenvalue weighted by Crippen LogP contribution is 2.05. The van der Waals surface area contributed by atoms with Crippen molar-refractivity contribution in [1.29, 1.82) is 0 Å². The summed E-state index contributed by atoms with van der Waals surface area (Å²) in [6.45, 7) is 6.60. The van der Waals surface area contributed by atoms with Gasteiger partial charge in [-0.05, 0) is 25.2 Å². The maximum absolute atomic E-state index is 2.29. The van der Waals surface area contributed by atoms with Crippen molar-refractivity contribution in [2.24, 2.45) is 5.92 Å². The fourth-order valence-corrected chi connectivity index (χ4v) is 0.924. The van der Waals surface area contributed by atoms with Crippen molar-refractivity contribution in [2.45, 2.75) is 40.0 Å². The topological polar surface area (TPSA) is 0 Å². The van der Waals surface area contributed by atoms with Gasteiger partial charge in [-0.1, -0.05) is 45.1 Å². The summed E-state index contributed by atoms with van der Waals surface area (Å²) in [4.78, 5) is 0. The third-order valence-electron chi connectivity index (χ3n) is 1.61. The minimum atomic E-state index is 0.706. The molecule has 0 spiro atoms. The van der Waals surface area contributed by atoms with Gasteiger partial charge < -0.3 is 0 Å². The molecule has 0 aliphatic carbocycles. The Labute approximate surface area is 71.0 Å². The minimum Gasteiger partial charge on any atom is -0.0888 e. The fourth-order valence-electron chi connectivity index (χ4n) is 0.924. The summed E-state index contributed by atoms with van der Waals surface area (Å²) in [6.07, 6.45) is 12.5. The molecule has 1 atom stereocenters. The molecule has 0 aromatic heterocycles. The van der Waals surface area contributed by atoms with Crippen molar-refractivity contribution >= 4 is 0 Å². The SMILES string of the molecule is CC/C=C/CC(C)/C=C/CC. The molecule has 0 bridgehead atoms. The third-order valence-corrected chi connectivity index (χ3v) is 1.61. The average Bonchev–Trinajstić information content (AvgIpc) is 2.01. The molecule has 1 unspecified atom stereocenters. The zero-order valence-corrected chi connectivity index (χ0v) is 8.01. The van der Waals surface area contributed by atoms with E-state index in [1.54, 1.807) is 0 Å². The van der Waals surface area contributed by atoms with Crippen LogP contribution in [0.2, 0.25) is 0 Å². The molecular weight excluding hydrogens is 132 g/mol. The fraction of sp³-hybridized carbons (Fsp3) is 0.636. The van der Waals surface area contributed by atoms with Gasteiger partial charge in [0.1, 0.15) is 0 Å². The van der Waals surface area contributed by atoms with Crippen LogP contribution in [0.3, 0.4) is 0 Å². The van der Waals surface area contributed by atoms with Crippen molar-refractivity contribution in [3.63, 3.8) is 0 Å². The van der Waals surface area contributed by atoms with Gasteiger partial charge in [0.05, 0.1) is 0 Å². The molecule has 0 heterocycles. The first-order valence-electron chi connectivity index (χ1n) is 4.62. The van der Waals surface area contributed by atoms with E-state index in [1.165, 1.54) is 6.42 Å². The van der Waals surface area contributed by atoms with Crippen LogP contribution in [0.4, 0.5) is 0 Å². The molecule has 0 radical (unpaired) electrons. The molecule has 0 fully saturated rings. The second kappa shape index (κ2) is 7.59. The van der Waals surface area contributed by atoms with Crippen LogP contribution < -0.4 is 0 Å². The van der Waals surface area contributed by atoms with Gasteiger partial charge in [0.15, 0.2) is 0 Å². The molecule has 0 amide bonds. The van der Waals surface area contributed by atoms with Crippen LogP contribution in [0.5, 0.6) is 0 Å². The van der Waals surface area contributed by atoms with Crippen molar-refractivity contribution < 1.29 is 0 Å². The van der Waals surface area contributed by atoms with Crippen molar-refractivity contribution in [2.75, 3.05) is 0 Å². The monoisotopic (exact) mass is 152 g/mol. The molecule has 0 aromatic rings. The largest absolute Gasteiger partial charge is 0.0888 e. The molecule has 0 rings (SSSR count). The molecule has 0 heteroatoms. The summed E-state index contributed by atoms with van der Waals surface area (Å²) in [5, 5.41) is 0. The minimum absolute atomic E-state index is 0.706. The van der Waals surface area contributed by atoms with Crippen LogP contribution in [0, 0.1) is 5.92 Å². The maximum Gasteiger partial charge on any atom is -0.0227 e. The van der Waals surface area contributed by atoms with Crippen LogP contribution in [0.25, 0.3) is 0 Å². The summed E-state index contributed by atoms with van der Waals surface area (Å²) < 4.78 is 0. The number of rotatable bonds is 5. The van der Waals surface area contributed by atoms with Crippen LogP contribution in [-0.4, -0.2) is 0 Å². The van der Waals surface area contributed by atoms with E-state index in [2.05, 4.69) is 45.1 Å². The van der Waals surface area contributed by atoms with Gasteiger partial charge in [-0.25, -0.2) is 0 Å². The third kappa shape index (κ3) is 7.38. The number of hydrogen-bond donors (Lipinski definition) is 0. The van der Waals surface area contributed by atoms with Crippen LogP contribution in [0.15, 0.2) is 24.3 Å². The Morgan fingerprint density at radius 3 is 2.18 bits per heavy atom. The van der Waals surface area contributed by atoms with Crippen LogP contribution in [0.1, 0.15) is 40.0 Å². The summed E-state index contributed by atoms with van der Waals surface area (Å²) in [5.74, 6) is 0.706. The molecule has 0 saturated carbocycles. The molecule has 0 nitrogen and oxygen atoms in total. The molecule has 0 N–H and O–H groups in total. The van der Waals surface area contributed by atoms with Gasteiger partial charge in [0.25, 0.3) is 0 Å². The Morgan fingerprint density at radius 2 is 1.64 bits per heavy atom. The zero-order valence-electron chi connectivity index (χ0n) is 8.01. The molecule has 11 heavy (non-hydrogen) atoms. The van der Waals surface area contributed by atoms with Crippen LogP contribution in [-0.2, 0) is 0 Å². The van der Waals surface area contributed by atoms with E-state index in [0.717, 1.165) is 12.8 Å². The molecule has 0 aromatic carbocycles. The molecule has 0 aliphatic heterocycles.